The van der Waals surface area contributed by atoms with Crippen molar-refractivity contribution in [2.75, 3.05) is 6.61 Å². The number of alkyl halides is 1. The highest BCUT2D eigenvalue weighted by Crippen LogP contribution is 2.30. The van der Waals surface area contributed by atoms with Crippen molar-refractivity contribution < 1.29 is 18.1 Å². The molecular formula is C13H15F2NO2S. The van der Waals surface area contributed by atoms with E-state index in [9.17, 15) is 13.3 Å². The summed E-state index contributed by atoms with van der Waals surface area (Å²) in [4.78, 5) is 0. The van der Waals surface area contributed by atoms with Gasteiger partial charge in [-0.15, -0.1) is 0 Å². The van der Waals surface area contributed by atoms with Crippen molar-refractivity contribution in [3.63, 3.8) is 0 Å². The van der Waals surface area contributed by atoms with E-state index in [4.69, 9.17) is 4.74 Å². The molecule has 0 aromatic heterocycles. The Labute approximate surface area is 114 Å². The average Bonchev–Trinajstić information content (AvgIpc) is 2.31. The maximum Gasteiger partial charge on any atom is 0.181 e. The molecule has 0 radical (unpaired) electrons. The number of rotatable bonds is 1. The Bertz CT molecular complexity index is 514. The fourth-order valence-electron chi connectivity index (χ4n) is 1.59. The molecule has 104 valence electrons. The van der Waals surface area contributed by atoms with Crippen molar-refractivity contribution in [3.05, 3.63) is 29.6 Å². The molecule has 0 bridgehead atoms. The van der Waals surface area contributed by atoms with Crippen molar-refractivity contribution >= 4 is 17.1 Å². The number of halogens is 2. The summed E-state index contributed by atoms with van der Waals surface area (Å²) in [5, 5.41) is 0. The number of hydrogen-bond acceptors (Lipinski definition) is 3. The van der Waals surface area contributed by atoms with Gasteiger partial charge in [-0.2, -0.15) is 0 Å². The molecule has 0 saturated heterocycles. The second-order valence-corrected chi connectivity index (χ2v) is 7.14. The van der Waals surface area contributed by atoms with E-state index in [-0.39, 0.29) is 23.6 Å². The molecule has 0 spiro atoms. The molecule has 6 heteroatoms. The normalized spacial score (nSPS) is 22.8. The predicted molar refractivity (Wildman–Crippen MR) is 71.2 cm³/mol. The van der Waals surface area contributed by atoms with E-state index in [1.165, 1.54) is 18.2 Å². The number of benzene rings is 1. The Kier molecular flexibility index (Phi) is 3.82. The van der Waals surface area contributed by atoms with Crippen molar-refractivity contribution in [1.29, 1.82) is 0 Å². The molecule has 2 atom stereocenters. The van der Waals surface area contributed by atoms with E-state index in [1.807, 2.05) is 0 Å². The van der Waals surface area contributed by atoms with E-state index in [1.54, 1.807) is 20.8 Å². The van der Waals surface area contributed by atoms with Gasteiger partial charge in [0.25, 0.3) is 0 Å². The summed E-state index contributed by atoms with van der Waals surface area (Å²) in [6.07, 6.45) is -1.50. The van der Waals surface area contributed by atoms with Gasteiger partial charge in [-0.3, -0.25) is 0 Å². The van der Waals surface area contributed by atoms with Gasteiger partial charge in [0.05, 0.1) is 0 Å². The molecule has 1 aromatic carbocycles. The van der Waals surface area contributed by atoms with Gasteiger partial charge in [-0.25, -0.2) is 8.78 Å². The second-order valence-electron chi connectivity index (χ2n) is 5.23. The molecule has 1 heterocycles. The SMILES string of the molecule is CC(C)(C)[S+]([O-])N=C1c2cccc(F)c2OCC1F. The first-order valence-corrected chi connectivity index (χ1v) is 6.97. The van der Waals surface area contributed by atoms with Gasteiger partial charge >= 0.3 is 0 Å². The molecule has 19 heavy (non-hydrogen) atoms. The molecule has 1 aromatic rings. The third-order valence-electron chi connectivity index (χ3n) is 2.62. The maximum atomic E-state index is 13.9. The van der Waals surface area contributed by atoms with Crippen LogP contribution in [0.1, 0.15) is 26.3 Å². The van der Waals surface area contributed by atoms with Crippen LogP contribution in [0.4, 0.5) is 8.78 Å². The third-order valence-corrected chi connectivity index (χ3v) is 4.03. The third kappa shape index (κ3) is 2.90. The number of ether oxygens (including phenoxy) is 1. The number of fused-ring (bicyclic) bond motifs is 1. The maximum absolute atomic E-state index is 13.9. The topological polar surface area (TPSA) is 44.7 Å². The van der Waals surface area contributed by atoms with Gasteiger partial charge in [-0.05, 0) is 32.9 Å². The van der Waals surface area contributed by atoms with Crippen LogP contribution in [-0.2, 0) is 11.4 Å². The molecule has 1 aliphatic heterocycles. The largest absolute Gasteiger partial charge is 0.591 e. The highest BCUT2D eigenvalue weighted by atomic mass is 32.2. The summed E-state index contributed by atoms with van der Waals surface area (Å²) >= 11 is -1.60. The lowest BCUT2D eigenvalue weighted by molar-refractivity contribution is 0.222. The van der Waals surface area contributed by atoms with E-state index in [0.717, 1.165) is 0 Å². The van der Waals surface area contributed by atoms with Gasteiger partial charge < -0.3 is 9.29 Å². The quantitative estimate of drug-likeness (QED) is 0.746. The van der Waals surface area contributed by atoms with Crippen LogP contribution in [0.5, 0.6) is 5.75 Å². The smallest absolute Gasteiger partial charge is 0.181 e. The molecule has 0 aliphatic carbocycles. The molecule has 3 nitrogen and oxygen atoms in total. The first-order valence-electron chi connectivity index (χ1n) is 5.87. The molecular weight excluding hydrogens is 272 g/mol. The average molecular weight is 287 g/mol. The Morgan fingerprint density at radius 3 is 2.74 bits per heavy atom. The lowest BCUT2D eigenvalue weighted by atomic mass is 10.0. The van der Waals surface area contributed by atoms with E-state index >= 15 is 0 Å². The van der Waals surface area contributed by atoms with E-state index < -0.39 is 28.1 Å². The van der Waals surface area contributed by atoms with Crippen LogP contribution in [0.15, 0.2) is 22.6 Å². The van der Waals surface area contributed by atoms with Crippen LogP contribution in [0, 0.1) is 5.82 Å². The molecule has 0 amide bonds. The summed E-state index contributed by atoms with van der Waals surface area (Å²) in [6, 6.07) is 4.20. The summed E-state index contributed by atoms with van der Waals surface area (Å²) in [5.74, 6) is -0.597. The van der Waals surface area contributed by atoms with Crippen molar-refractivity contribution in [2.45, 2.75) is 31.7 Å². The van der Waals surface area contributed by atoms with Crippen molar-refractivity contribution in [1.82, 2.24) is 0 Å². The Balaban J connectivity index is 2.47. The molecule has 0 saturated carbocycles. The van der Waals surface area contributed by atoms with E-state index in [2.05, 4.69) is 4.40 Å². The minimum absolute atomic E-state index is 0.00555. The molecule has 0 N–H and O–H groups in total. The zero-order chi connectivity index (χ0) is 14.2. The fraction of sp³-hybridized carbons (Fsp3) is 0.462. The zero-order valence-electron chi connectivity index (χ0n) is 10.9. The van der Waals surface area contributed by atoms with Gasteiger partial charge in [0.1, 0.15) is 28.4 Å². The van der Waals surface area contributed by atoms with Crippen molar-refractivity contribution in [2.24, 2.45) is 4.40 Å². The zero-order valence-corrected chi connectivity index (χ0v) is 11.8. The first-order chi connectivity index (χ1) is 8.80. The Hall–Kier alpha value is -1.14. The summed E-state index contributed by atoms with van der Waals surface area (Å²) in [5.41, 5.74) is 0.227. The second kappa shape index (κ2) is 5.09. The summed E-state index contributed by atoms with van der Waals surface area (Å²) in [7, 11) is 0. The number of para-hydroxylation sites is 1. The predicted octanol–water partition coefficient (Wildman–Crippen LogP) is 2.81. The van der Waals surface area contributed by atoms with Crippen LogP contribution in [0.3, 0.4) is 0 Å². The molecule has 0 fully saturated rings. The molecule has 2 unspecified atom stereocenters. The highest BCUT2D eigenvalue weighted by Gasteiger charge is 2.34. The monoisotopic (exact) mass is 287 g/mol. The molecule has 1 aliphatic rings. The number of nitrogens with zero attached hydrogens (tertiary/aromatic N) is 1. The Morgan fingerprint density at radius 1 is 1.42 bits per heavy atom. The van der Waals surface area contributed by atoms with Gasteiger partial charge in [0.2, 0.25) is 0 Å². The fourth-order valence-corrected chi connectivity index (χ4v) is 2.26. The van der Waals surface area contributed by atoms with Gasteiger partial charge in [0, 0.05) is 5.56 Å². The van der Waals surface area contributed by atoms with Crippen LogP contribution in [0.2, 0.25) is 0 Å². The van der Waals surface area contributed by atoms with Crippen LogP contribution >= 0.6 is 0 Å². The Morgan fingerprint density at radius 2 is 2.11 bits per heavy atom. The van der Waals surface area contributed by atoms with E-state index in [0.29, 0.717) is 0 Å². The summed E-state index contributed by atoms with van der Waals surface area (Å²) < 4.78 is 47.8. The lowest BCUT2D eigenvalue weighted by Crippen LogP contribution is -2.34. The number of hydrogen-bond donors (Lipinski definition) is 0. The standard InChI is InChI=1S/C13H15F2NO2S/c1-13(2,3)19(17)16-11-8-5-4-6-9(14)12(8)18-7-10(11)15/h4-6,10H,7H2,1-3H3. The highest BCUT2D eigenvalue weighted by molar-refractivity contribution is 7.91. The lowest BCUT2D eigenvalue weighted by Gasteiger charge is -2.24. The van der Waals surface area contributed by atoms with Crippen LogP contribution in [-0.4, -0.2) is 27.8 Å². The minimum Gasteiger partial charge on any atom is -0.591 e. The van der Waals surface area contributed by atoms with Crippen LogP contribution in [0.25, 0.3) is 0 Å². The van der Waals surface area contributed by atoms with Crippen LogP contribution < -0.4 is 4.74 Å². The minimum atomic E-state index is -1.60. The van der Waals surface area contributed by atoms with Gasteiger partial charge in [-0.1, -0.05) is 10.5 Å². The van der Waals surface area contributed by atoms with Crippen molar-refractivity contribution in [3.8, 4) is 5.75 Å². The first kappa shape index (κ1) is 14.3. The molecule has 2 rings (SSSR count). The summed E-state index contributed by atoms with van der Waals surface area (Å²) in [6.45, 7) is 4.92. The van der Waals surface area contributed by atoms with Gasteiger partial charge in [0.15, 0.2) is 17.7 Å².